The molecular weight excluding hydrogens is 389 g/mol. The van der Waals surface area contributed by atoms with E-state index in [0.717, 1.165) is 5.56 Å². The lowest BCUT2D eigenvalue weighted by atomic mass is 10.2. The SMILES string of the molecule is CCOC(=O)c1sc(N2C(=O)N(Cc3ccc(F)cc3)C[C@@H]2C)nc1C.S. The number of aromatic nitrogens is 1. The number of thiazole rings is 1. The molecular formula is C18H22FN3O3S2. The molecule has 6 nitrogen and oxygen atoms in total. The zero-order valence-electron chi connectivity index (χ0n) is 15.4. The van der Waals surface area contributed by atoms with Crippen LogP contribution in [-0.4, -0.2) is 41.1 Å². The summed E-state index contributed by atoms with van der Waals surface area (Å²) < 4.78 is 18.1. The van der Waals surface area contributed by atoms with Gasteiger partial charge in [-0.05, 0) is 38.5 Å². The van der Waals surface area contributed by atoms with Crippen molar-refractivity contribution in [3.63, 3.8) is 0 Å². The molecule has 1 aliphatic heterocycles. The fourth-order valence-corrected chi connectivity index (χ4v) is 3.96. The minimum Gasteiger partial charge on any atom is -0.462 e. The lowest BCUT2D eigenvalue weighted by Gasteiger charge is -2.17. The number of esters is 1. The van der Waals surface area contributed by atoms with Gasteiger partial charge in [0.25, 0.3) is 0 Å². The van der Waals surface area contributed by atoms with Crippen LogP contribution in [0.15, 0.2) is 24.3 Å². The highest BCUT2D eigenvalue weighted by molar-refractivity contribution is 7.59. The Bertz CT molecular complexity index is 826. The largest absolute Gasteiger partial charge is 0.462 e. The quantitative estimate of drug-likeness (QED) is 0.704. The fraction of sp³-hybridized carbons (Fsp3) is 0.389. The number of nitrogens with zero attached hydrogens (tertiary/aromatic N) is 3. The Kier molecular flexibility index (Phi) is 6.83. The van der Waals surface area contributed by atoms with Crippen LogP contribution in [0.5, 0.6) is 0 Å². The van der Waals surface area contributed by atoms with Crippen LogP contribution >= 0.6 is 24.8 Å². The molecule has 1 fully saturated rings. The van der Waals surface area contributed by atoms with Gasteiger partial charge >= 0.3 is 12.0 Å². The first-order chi connectivity index (χ1) is 12.4. The molecule has 0 bridgehead atoms. The van der Waals surface area contributed by atoms with Gasteiger partial charge in [-0.2, -0.15) is 13.5 Å². The van der Waals surface area contributed by atoms with Crippen molar-refractivity contribution in [1.82, 2.24) is 9.88 Å². The van der Waals surface area contributed by atoms with Crippen molar-refractivity contribution in [3.05, 3.63) is 46.2 Å². The molecule has 2 heterocycles. The van der Waals surface area contributed by atoms with Gasteiger partial charge in [0, 0.05) is 13.1 Å². The highest BCUT2D eigenvalue weighted by Crippen LogP contribution is 2.32. The normalized spacial score (nSPS) is 16.4. The first kappa shape index (κ1) is 21.2. The molecule has 2 amide bonds. The molecule has 3 rings (SSSR count). The number of aryl methyl sites for hydroxylation is 1. The summed E-state index contributed by atoms with van der Waals surface area (Å²) in [7, 11) is 0. The molecule has 0 radical (unpaired) electrons. The van der Waals surface area contributed by atoms with Crippen molar-refractivity contribution in [1.29, 1.82) is 0 Å². The second-order valence-electron chi connectivity index (χ2n) is 6.14. The predicted molar refractivity (Wildman–Crippen MR) is 107 cm³/mol. The molecule has 2 aromatic rings. The molecule has 1 atom stereocenters. The number of amides is 2. The molecule has 1 aromatic carbocycles. The smallest absolute Gasteiger partial charge is 0.350 e. The molecule has 146 valence electrons. The Morgan fingerprint density at radius 3 is 2.67 bits per heavy atom. The maximum absolute atomic E-state index is 13.0. The van der Waals surface area contributed by atoms with E-state index in [1.807, 2.05) is 6.92 Å². The summed E-state index contributed by atoms with van der Waals surface area (Å²) in [5.41, 5.74) is 1.41. The van der Waals surface area contributed by atoms with Gasteiger partial charge in [0.05, 0.1) is 18.3 Å². The Morgan fingerprint density at radius 2 is 2.04 bits per heavy atom. The number of anilines is 1. The van der Waals surface area contributed by atoms with E-state index in [9.17, 15) is 14.0 Å². The van der Waals surface area contributed by atoms with E-state index in [-0.39, 0.29) is 38.0 Å². The van der Waals surface area contributed by atoms with Crippen molar-refractivity contribution >= 4 is 42.0 Å². The number of benzene rings is 1. The summed E-state index contributed by atoms with van der Waals surface area (Å²) in [6, 6.07) is 5.85. The summed E-state index contributed by atoms with van der Waals surface area (Å²) in [5, 5.41) is 0.490. The van der Waals surface area contributed by atoms with Gasteiger partial charge < -0.3 is 9.64 Å². The number of halogens is 1. The second-order valence-corrected chi connectivity index (χ2v) is 7.12. The Hall–Kier alpha value is -2.13. The summed E-state index contributed by atoms with van der Waals surface area (Å²) in [6.45, 7) is 6.63. The number of hydrogen-bond acceptors (Lipinski definition) is 5. The van der Waals surface area contributed by atoms with E-state index in [0.29, 0.717) is 28.8 Å². The molecule has 1 aromatic heterocycles. The number of carbonyl (C=O) groups excluding carboxylic acids is 2. The molecule has 27 heavy (non-hydrogen) atoms. The molecule has 1 saturated heterocycles. The molecule has 0 spiro atoms. The minimum atomic E-state index is -0.420. The van der Waals surface area contributed by atoms with E-state index in [2.05, 4.69) is 4.98 Å². The third-order valence-electron chi connectivity index (χ3n) is 4.14. The van der Waals surface area contributed by atoms with Crippen molar-refractivity contribution in [2.45, 2.75) is 33.4 Å². The lowest BCUT2D eigenvalue weighted by molar-refractivity contribution is 0.0531. The molecule has 0 unspecified atom stereocenters. The molecule has 0 N–H and O–H groups in total. The van der Waals surface area contributed by atoms with Gasteiger partial charge in [-0.25, -0.2) is 19.0 Å². The third kappa shape index (κ3) is 4.41. The van der Waals surface area contributed by atoms with Gasteiger partial charge in [-0.15, -0.1) is 0 Å². The van der Waals surface area contributed by atoms with Crippen LogP contribution in [0.4, 0.5) is 14.3 Å². The van der Waals surface area contributed by atoms with Crippen LogP contribution < -0.4 is 4.90 Å². The Labute approximate surface area is 168 Å². The number of carbonyl (C=O) groups is 2. The van der Waals surface area contributed by atoms with E-state index in [1.165, 1.54) is 23.5 Å². The van der Waals surface area contributed by atoms with Gasteiger partial charge in [-0.1, -0.05) is 23.5 Å². The number of ether oxygens (including phenoxy) is 1. The summed E-state index contributed by atoms with van der Waals surface area (Å²) in [4.78, 5) is 32.9. The van der Waals surface area contributed by atoms with Crippen LogP contribution in [-0.2, 0) is 11.3 Å². The Morgan fingerprint density at radius 1 is 1.37 bits per heavy atom. The highest BCUT2D eigenvalue weighted by Gasteiger charge is 2.38. The zero-order chi connectivity index (χ0) is 18.8. The van der Waals surface area contributed by atoms with Gasteiger partial charge in [0.2, 0.25) is 0 Å². The van der Waals surface area contributed by atoms with Crippen molar-refractivity contribution in [2.24, 2.45) is 0 Å². The van der Waals surface area contributed by atoms with Crippen LogP contribution in [0, 0.1) is 12.7 Å². The molecule has 0 aliphatic carbocycles. The van der Waals surface area contributed by atoms with Crippen LogP contribution in [0.2, 0.25) is 0 Å². The van der Waals surface area contributed by atoms with Gasteiger partial charge in [0.15, 0.2) is 5.13 Å². The molecule has 0 saturated carbocycles. The number of urea groups is 1. The van der Waals surface area contributed by atoms with Crippen LogP contribution in [0.25, 0.3) is 0 Å². The van der Waals surface area contributed by atoms with E-state index in [4.69, 9.17) is 4.74 Å². The van der Waals surface area contributed by atoms with Gasteiger partial charge in [0.1, 0.15) is 10.7 Å². The number of rotatable bonds is 5. The van der Waals surface area contributed by atoms with Gasteiger partial charge in [-0.3, -0.25) is 4.90 Å². The summed E-state index contributed by atoms with van der Waals surface area (Å²) in [6.07, 6.45) is 0. The number of hydrogen-bond donors (Lipinski definition) is 0. The van der Waals surface area contributed by atoms with Crippen LogP contribution in [0.3, 0.4) is 0 Å². The molecule has 9 heteroatoms. The van der Waals surface area contributed by atoms with Crippen molar-refractivity contribution < 1.29 is 18.7 Å². The molecule has 1 aliphatic rings. The van der Waals surface area contributed by atoms with E-state index in [1.54, 1.807) is 35.8 Å². The Balaban J connectivity index is 0.00000261. The average Bonchev–Trinajstić information content (AvgIpc) is 3.10. The van der Waals surface area contributed by atoms with E-state index >= 15 is 0 Å². The van der Waals surface area contributed by atoms with Crippen molar-refractivity contribution in [2.75, 3.05) is 18.1 Å². The topological polar surface area (TPSA) is 62.7 Å². The zero-order valence-corrected chi connectivity index (χ0v) is 17.2. The first-order valence-electron chi connectivity index (χ1n) is 8.37. The fourth-order valence-electron chi connectivity index (χ4n) is 2.90. The summed E-state index contributed by atoms with van der Waals surface area (Å²) >= 11 is 1.17. The maximum atomic E-state index is 13.0. The highest BCUT2D eigenvalue weighted by atomic mass is 32.1. The second kappa shape index (κ2) is 8.71. The van der Waals surface area contributed by atoms with Crippen LogP contribution in [0.1, 0.15) is 34.8 Å². The monoisotopic (exact) mass is 411 g/mol. The predicted octanol–water partition coefficient (Wildman–Crippen LogP) is 3.71. The van der Waals surface area contributed by atoms with Crippen molar-refractivity contribution in [3.8, 4) is 0 Å². The maximum Gasteiger partial charge on any atom is 0.350 e. The standard InChI is InChI=1S/C18H20FN3O3S.H2S/c1-4-25-16(23)15-12(3)20-17(26-15)22-11(2)9-21(18(22)24)10-13-5-7-14(19)8-6-13;/h5-8,11H,4,9-10H2,1-3H3;1H2/t11-;/m0./s1. The summed E-state index contributed by atoms with van der Waals surface area (Å²) in [5.74, 6) is -0.725. The minimum absolute atomic E-state index is 0. The van der Waals surface area contributed by atoms with E-state index < -0.39 is 5.97 Å². The average molecular weight is 412 g/mol. The third-order valence-corrected chi connectivity index (χ3v) is 5.28. The lowest BCUT2D eigenvalue weighted by Crippen LogP contribution is -2.33. The first-order valence-corrected chi connectivity index (χ1v) is 9.19.